The van der Waals surface area contributed by atoms with Gasteiger partial charge >= 0.3 is 11.9 Å². The lowest BCUT2D eigenvalue weighted by molar-refractivity contribution is -0.139. The summed E-state index contributed by atoms with van der Waals surface area (Å²) in [5, 5.41) is 2.87. The summed E-state index contributed by atoms with van der Waals surface area (Å²) in [6, 6.07) is 1.74. The lowest BCUT2D eigenvalue weighted by Gasteiger charge is -2.30. The van der Waals surface area contributed by atoms with Gasteiger partial charge in [0.05, 0.1) is 30.3 Å². The third-order valence-electron chi connectivity index (χ3n) is 4.13. The van der Waals surface area contributed by atoms with Crippen LogP contribution < -0.4 is 5.32 Å². The van der Waals surface area contributed by atoms with Gasteiger partial charge < -0.3 is 14.8 Å². The molecule has 2 rings (SSSR count). The van der Waals surface area contributed by atoms with E-state index in [1.165, 1.54) is 0 Å². The number of carbonyl (C=O) groups excluding carboxylic acids is 2. The van der Waals surface area contributed by atoms with Gasteiger partial charge in [0, 0.05) is 17.0 Å². The summed E-state index contributed by atoms with van der Waals surface area (Å²) < 4.78 is 51.9. The highest BCUT2D eigenvalue weighted by atomic mass is 19.2. The maximum atomic E-state index is 14.6. The van der Waals surface area contributed by atoms with E-state index in [0.29, 0.717) is 11.4 Å². The van der Waals surface area contributed by atoms with Crippen molar-refractivity contribution in [3.63, 3.8) is 0 Å². The van der Waals surface area contributed by atoms with Gasteiger partial charge in [0.1, 0.15) is 0 Å². The van der Waals surface area contributed by atoms with E-state index in [2.05, 4.69) is 5.32 Å². The van der Waals surface area contributed by atoms with E-state index >= 15 is 0 Å². The Balaban J connectivity index is 2.75. The summed E-state index contributed by atoms with van der Waals surface area (Å²) in [7, 11) is 0. The number of carbonyl (C=O) groups is 2. The van der Waals surface area contributed by atoms with Crippen molar-refractivity contribution < 1.29 is 32.2 Å². The van der Waals surface area contributed by atoms with Crippen LogP contribution in [0.3, 0.4) is 0 Å². The van der Waals surface area contributed by atoms with Crippen molar-refractivity contribution in [2.45, 2.75) is 33.6 Å². The molecular formula is C19H20F3NO4. The SMILES string of the molecule is CCOC(=O)C1=C(C)NC(C)=C(C(=O)OCC)C1c1ccc(F)c(F)c1F. The molecule has 1 aliphatic rings. The number of ether oxygens (including phenoxy) is 2. The van der Waals surface area contributed by atoms with E-state index in [1.807, 2.05) is 0 Å². The number of hydrogen-bond acceptors (Lipinski definition) is 5. The lowest BCUT2D eigenvalue weighted by Crippen LogP contribution is -2.33. The Morgan fingerprint density at radius 1 is 0.926 bits per heavy atom. The zero-order valence-corrected chi connectivity index (χ0v) is 15.4. The summed E-state index contributed by atoms with van der Waals surface area (Å²) >= 11 is 0. The topological polar surface area (TPSA) is 64.6 Å². The smallest absolute Gasteiger partial charge is 0.336 e. The highest BCUT2D eigenvalue weighted by Gasteiger charge is 2.40. The van der Waals surface area contributed by atoms with Crippen LogP contribution in [0.1, 0.15) is 39.2 Å². The quantitative estimate of drug-likeness (QED) is 0.623. The Kier molecular flexibility index (Phi) is 6.30. The summed E-state index contributed by atoms with van der Waals surface area (Å²) in [6.45, 7) is 6.35. The third kappa shape index (κ3) is 3.84. The number of allylic oxidation sites excluding steroid dienone is 2. The predicted octanol–water partition coefficient (Wildman–Crippen LogP) is 3.46. The second kappa shape index (κ2) is 8.28. The Bertz CT molecular complexity index is 806. The van der Waals surface area contributed by atoms with Gasteiger partial charge in [-0.2, -0.15) is 0 Å². The average Bonchev–Trinajstić information content (AvgIpc) is 2.59. The molecule has 1 heterocycles. The maximum absolute atomic E-state index is 14.6. The van der Waals surface area contributed by atoms with Gasteiger partial charge in [0.2, 0.25) is 0 Å². The molecule has 0 spiro atoms. The fourth-order valence-corrected chi connectivity index (χ4v) is 3.03. The van der Waals surface area contributed by atoms with E-state index in [-0.39, 0.29) is 29.9 Å². The van der Waals surface area contributed by atoms with Crippen molar-refractivity contribution in [3.8, 4) is 0 Å². The zero-order chi connectivity index (χ0) is 20.3. The fraction of sp³-hybridized carbons (Fsp3) is 0.368. The summed E-state index contributed by atoms with van der Waals surface area (Å²) in [6.07, 6.45) is 0. The van der Waals surface area contributed by atoms with Gasteiger partial charge in [-0.25, -0.2) is 22.8 Å². The molecule has 0 saturated heterocycles. The van der Waals surface area contributed by atoms with Crippen molar-refractivity contribution in [2.75, 3.05) is 13.2 Å². The van der Waals surface area contributed by atoms with Crippen LogP contribution in [-0.4, -0.2) is 25.2 Å². The molecule has 0 unspecified atom stereocenters. The van der Waals surface area contributed by atoms with Crippen molar-refractivity contribution in [3.05, 3.63) is 57.7 Å². The predicted molar refractivity (Wildman–Crippen MR) is 90.9 cm³/mol. The number of benzene rings is 1. The number of nitrogens with one attached hydrogen (secondary N) is 1. The summed E-state index contributed by atoms with van der Waals surface area (Å²) in [5.41, 5.74) is 0.118. The first-order valence-corrected chi connectivity index (χ1v) is 8.40. The normalized spacial score (nSPS) is 14.9. The van der Waals surface area contributed by atoms with Gasteiger partial charge in [-0.15, -0.1) is 0 Å². The molecule has 8 heteroatoms. The van der Waals surface area contributed by atoms with Crippen LogP contribution in [0, 0.1) is 17.5 Å². The van der Waals surface area contributed by atoms with E-state index in [0.717, 1.165) is 12.1 Å². The number of dihydropyridines is 1. The van der Waals surface area contributed by atoms with E-state index in [9.17, 15) is 22.8 Å². The second-order valence-electron chi connectivity index (χ2n) is 5.84. The molecule has 1 N–H and O–H groups in total. The number of esters is 2. The monoisotopic (exact) mass is 383 g/mol. The number of halogens is 3. The molecular weight excluding hydrogens is 363 g/mol. The molecule has 27 heavy (non-hydrogen) atoms. The van der Waals surface area contributed by atoms with Crippen LogP contribution in [0.15, 0.2) is 34.7 Å². The van der Waals surface area contributed by atoms with Gasteiger partial charge in [-0.05, 0) is 33.8 Å². The minimum Gasteiger partial charge on any atom is -0.463 e. The van der Waals surface area contributed by atoms with Crippen molar-refractivity contribution in [1.29, 1.82) is 0 Å². The molecule has 0 saturated carbocycles. The highest BCUT2D eigenvalue weighted by molar-refractivity contribution is 5.99. The van der Waals surface area contributed by atoms with E-state index < -0.39 is 35.3 Å². The van der Waals surface area contributed by atoms with Gasteiger partial charge in [-0.3, -0.25) is 0 Å². The Hall–Kier alpha value is -2.77. The molecule has 0 radical (unpaired) electrons. The van der Waals surface area contributed by atoms with Gasteiger partial charge in [0.25, 0.3) is 0 Å². The standard InChI is InChI=1S/C19H20F3NO4/c1-5-26-18(24)13-9(3)23-10(4)14(19(25)27-6-2)15(13)11-7-8-12(20)17(22)16(11)21/h7-8,15,23H,5-6H2,1-4H3. The van der Waals surface area contributed by atoms with Crippen molar-refractivity contribution >= 4 is 11.9 Å². The minimum absolute atomic E-state index is 0.0417. The molecule has 0 aromatic heterocycles. The van der Waals surface area contributed by atoms with Crippen LogP contribution >= 0.6 is 0 Å². The second-order valence-corrected chi connectivity index (χ2v) is 5.84. The molecule has 0 bridgehead atoms. The van der Waals surface area contributed by atoms with Crippen molar-refractivity contribution in [2.24, 2.45) is 0 Å². The first kappa shape index (κ1) is 20.5. The van der Waals surface area contributed by atoms with Crippen LogP contribution in [0.5, 0.6) is 0 Å². The van der Waals surface area contributed by atoms with E-state index in [1.54, 1.807) is 27.7 Å². The third-order valence-corrected chi connectivity index (χ3v) is 4.13. The molecule has 1 aromatic carbocycles. The highest BCUT2D eigenvalue weighted by Crippen LogP contribution is 2.40. The molecule has 1 aromatic rings. The first-order valence-electron chi connectivity index (χ1n) is 8.40. The van der Waals surface area contributed by atoms with Crippen LogP contribution in [0.2, 0.25) is 0 Å². The molecule has 0 aliphatic carbocycles. The number of hydrogen-bond donors (Lipinski definition) is 1. The largest absolute Gasteiger partial charge is 0.463 e. The summed E-state index contributed by atoms with van der Waals surface area (Å²) in [5.74, 6) is -7.45. The fourth-order valence-electron chi connectivity index (χ4n) is 3.03. The molecule has 0 amide bonds. The molecule has 5 nitrogen and oxygen atoms in total. The zero-order valence-electron chi connectivity index (χ0n) is 15.4. The minimum atomic E-state index is -1.69. The maximum Gasteiger partial charge on any atom is 0.336 e. The average molecular weight is 383 g/mol. The van der Waals surface area contributed by atoms with Crippen LogP contribution in [0.25, 0.3) is 0 Å². The Morgan fingerprint density at radius 2 is 1.41 bits per heavy atom. The Morgan fingerprint density at radius 3 is 1.85 bits per heavy atom. The summed E-state index contributed by atoms with van der Waals surface area (Å²) in [4.78, 5) is 25.0. The Labute approximate surface area is 154 Å². The molecule has 1 aliphatic heterocycles. The van der Waals surface area contributed by atoms with Crippen LogP contribution in [-0.2, 0) is 19.1 Å². The first-order chi connectivity index (χ1) is 12.7. The van der Waals surface area contributed by atoms with E-state index in [4.69, 9.17) is 9.47 Å². The van der Waals surface area contributed by atoms with Gasteiger partial charge in [-0.1, -0.05) is 6.07 Å². The molecule has 0 atom stereocenters. The molecule has 146 valence electrons. The van der Waals surface area contributed by atoms with Crippen molar-refractivity contribution in [1.82, 2.24) is 5.32 Å². The number of rotatable bonds is 5. The van der Waals surface area contributed by atoms with Crippen LogP contribution in [0.4, 0.5) is 13.2 Å². The lowest BCUT2D eigenvalue weighted by atomic mass is 9.80. The molecule has 0 fully saturated rings. The van der Waals surface area contributed by atoms with Gasteiger partial charge in [0.15, 0.2) is 17.5 Å².